The molecule has 3 N–H and O–H groups in total. The molecule has 23 heavy (non-hydrogen) atoms. The van der Waals surface area contributed by atoms with E-state index in [1.54, 1.807) is 19.2 Å². The van der Waals surface area contributed by atoms with Gasteiger partial charge in [0.15, 0.2) is 10.4 Å². The molecule has 1 saturated carbocycles. The number of amides is 2. The van der Waals surface area contributed by atoms with Gasteiger partial charge in [0.1, 0.15) is 0 Å². The number of nitrogens with one attached hydrogen (secondary N) is 1. The van der Waals surface area contributed by atoms with E-state index in [2.05, 4.69) is 21.2 Å². The van der Waals surface area contributed by atoms with E-state index >= 15 is 0 Å². The Kier molecular flexibility index (Phi) is 6.65. The van der Waals surface area contributed by atoms with Crippen LogP contribution in [0.2, 0.25) is 0 Å². The number of hydrogen-bond donors (Lipinski definition) is 2. The minimum atomic E-state index is -0.326. The topological polar surface area (TPSA) is 88.6 Å². The first-order valence-electron chi connectivity index (χ1n) is 8.01. The molecule has 0 radical (unpaired) electrons. The first-order chi connectivity index (χ1) is 11.0. The molecule has 2 rings (SSSR count). The molecule has 0 aromatic carbocycles. The van der Waals surface area contributed by atoms with Crippen molar-refractivity contribution in [2.75, 3.05) is 20.1 Å². The highest BCUT2D eigenvalue weighted by molar-refractivity contribution is 9.10. The Labute approximate surface area is 144 Å². The molecule has 1 atom stereocenters. The average molecular weight is 386 g/mol. The highest BCUT2D eigenvalue weighted by Gasteiger charge is 2.25. The number of carbonyl (C=O) groups excluding carboxylic acids is 2. The van der Waals surface area contributed by atoms with E-state index in [1.807, 2.05) is 0 Å². The fourth-order valence-corrected chi connectivity index (χ4v) is 3.37. The summed E-state index contributed by atoms with van der Waals surface area (Å²) in [6, 6.07) is 3.21. The van der Waals surface area contributed by atoms with Gasteiger partial charge in [0, 0.05) is 19.6 Å². The summed E-state index contributed by atoms with van der Waals surface area (Å²) in [5.41, 5.74) is 5.82. The van der Waals surface area contributed by atoms with Crippen LogP contribution >= 0.6 is 15.9 Å². The molecular weight excluding hydrogens is 362 g/mol. The summed E-state index contributed by atoms with van der Waals surface area (Å²) in [5, 5.41) is 2.98. The maximum atomic E-state index is 12.2. The van der Waals surface area contributed by atoms with Crippen LogP contribution in [-0.2, 0) is 4.79 Å². The molecule has 1 unspecified atom stereocenters. The minimum absolute atomic E-state index is 0.0101. The number of furan rings is 1. The van der Waals surface area contributed by atoms with Crippen molar-refractivity contribution >= 4 is 27.7 Å². The molecule has 1 heterocycles. The van der Waals surface area contributed by atoms with Crippen LogP contribution in [0.5, 0.6) is 0 Å². The van der Waals surface area contributed by atoms with Gasteiger partial charge in [0.25, 0.3) is 5.91 Å². The Morgan fingerprint density at radius 2 is 2.09 bits per heavy atom. The lowest BCUT2D eigenvalue weighted by Gasteiger charge is -2.30. The summed E-state index contributed by atoms with van der Waals surface area (Å²) < 4.78 is 5.70. The molecule has 128 valence electrons. The van der Waals surface area contributed by atoms with E-state index < -0.39 is 0 Å². The third kappa shape index (κ3) is 5.07. The highest BCUT2D eigenvalue weighted by Crippen LogP contribution is 2.26. The number of nitrogens with two attached hydrogens (primary N) is 1. The van der Waals surface area contributed by atoms with Crippen LogP contribution in [-0.4, -0.2) is 42.9 Å². The van der Waals surface area contributed by atoms with Gasteiger partial charge in [-0.05, 0) is 46.8 Å². The molecule has 7 heteroatoms. The zero-order chi connectivity index (χ0) is 16.8. The van der Waals surface area contributed by atoms with Crippen molar-refractivity contribution in [3.8, 4) is 0 Å². The van der Waals surface area contributed by atoms with E-state index in [0.717, 1.165) is 12.8 Å². The molecule has 1 aromatic rings. The van der Waals surface area contributed by atoms with Gasteiger partial charge in [-0.1, -0.05) is 19.3 Å². The van der Waals surface area contributed by atoms with Crippen LogP contribution in [0.1, 0.15) is 42.7 Å². The monoisotopic (exact) mass is 385 g/mol. The predicted octanol–water partition coefficient (Wildman–Crippen LogP) is 2.14. The fraction of sp³-hybridized carbons (Fsp3) is 0.625. The highest BCUT2D eigenvalue weighted by atomic mass is 79.9. The van der Waals surface area contributed by atoms with Crippen LogP contribution in [0.25, 0.3) is 0 Å². The zero-order valence-electron chi connectivity index (χ0n) is 13.4. The largest absolute Gasteiger partial charge is 0.444 e. The standard InChI is InChI=1S/C16H24BrN3O3/c1-20(16(22)13-7-8-14(17)23-13)10-15(21)19-12(9-18)11-5-3-2-4-6-11/h7-8,11-12H,2-6,9-10,18H2,1H3,(H,19,21). The van der Waals surface area contributed by atoms with Crippen LogP contribution in [0.15, 0.2) is 21.2 Å². The van der Waals surface area contributed by atoms with E-state index in [0.29, 0.717) is 17.1 Å². The first kappa shape index (κ1) is 18.0. The number of halogens is 1. The van der Waals surface area contributed by atoms with Gasteiger partial charge in [-0.15, -0.1) is 0 Å². The summed E-state index contributed by atoms with van der Waals surface area (Å²) >= 11 is 3.16. The number of carbonyl (C=O) groups is 2. The number of likely N-dealkylation sites (N-methyl/N-ethyl adjacent to an activating group) is 1. The molecule has 2 amide bonds. The number of rotatable bonds is 6. The van der Waals surface area contributed by atoms with Crippen molar-refractivity contribution in [2.45, 2.75) is 38.1 Å². The van der Waals surface area contributed by atoms with Crippen LogP contribution < -0.4 is 11.1 Å². The Balaban J connectivity index is 1.86. The molecule has 1 fully saturated rings. The summed E-state index contributed by atoms with van der Waals surface area (Å²) in [5.74, 6) is 0.134. The Bertz CT molecular complexity index is 540. The van der Waals surface area contributed by atoms with E-state index in [1.165, 1.54) is 24.2 Å². The molecule has 1 aliphatic carbocycles. The second-order valence-electron chi connectivity index (χ2n) is 6.07. The Morgan fingerprint density at radius 3 is 2.65 bits per heavy atom. The van der Waals surface area contributed by atoms with Gasteiger partial charge in [-0.3, -0.25) is 9.59 Å². The third-order valence-electron chi connectivity index (χ3n) is 4.33. The molecule has 0 spiro atoms. The van der Waals surface area contributed by atoms with Crippen molar-refractivity contribution in [3.05, 3.63) is 22.6 Å². The molecule has 0 bridgehead atoms. The Morgan fingerprint density at radius 1 is 1.39 bits per heavy atom. The normalized spacial score (nSPS) is 16.8. The van der Waals surface area contributed by atoms with Crippen molar-refractivity contribution in [3.63, 3.8) is 0 Å². The second-order valence-corrected chi connectivity index (χ2v) is 6.85. The van der Waals surface area contributed by atoms with Gasteiger partial charge in [0.2, 0.25) is 5.91 Å². The van der Waals surface area contributed by atoms with Crippen LogP contribution in [0.4, 0.5) is 0 Å². The lowest BCUT2D eigenvalue weighted by Crippen LogP contribution is -2.49. The van der Waals surface area contributed by atoms with Gasteiger partial charge in [-0.2, -0.15) is 0 Å². The zero-order valence-corrected chi connectivity index (χ0v) is 15.0. The summed E-state index contributed by atoms with van der Waals surface area (Å²) in [7, 11) is 1.58. The minimum Gasteiger partial charge on any atom is -0.444 e. The van der Waals surface area contributed by atoms with E-state index in [-0.39, 0.29) is 30.2 Å². The molecule has 0 saturated heterocycles. The lowest BCUT2D eigenvalue weighted by atomic mass is 9.84. The van der Waals surface area contributed by atoms with Crippen molar-refractivity contribution in [1.82, 2.24) is 10.2 Å². The van der Waals surface area contributed by atoms with E-state index in [9.17, 15) is 9.59 Å². The molecule has 0 aliphatic heterocycles. The maximum absolute atomic E-state index is 12.2. The number of nitrogens with zero attached hydrogens (tertiary/aromatic N) is 1. The quantitative estimate of drug-likeness (QED) is 0.784. The van der Waals surface area contributed by atoms with Crippen molar-refractivity contribution in [1.29, 1.82) is 0 Å². The maximum Gasteiger partial charge on any atom is 0.289 e. The van der Waals surface area contributed by atoms with E-state index in [4.69, 9.17) is 10.2 Å². The lowest BCUT2D eigenvalue weighted by molar-refractivity contribution is -0.122. The van der Waals surface area contributed by atoms with Gasteiger partial charge in [-0.25, -0.2) is 0 Å². The van der Waals surface area contributed by atoms with Crippen molar-refractivity contribution in [2.24, 2.45) is 11.7 Å². The van der Waals surface area contributed by atoms with Crippen LogP contribution in [0, 0.1) is 5.92 Å². The fourth-order valence-electron chi connectivity index (χ4n) is 3.06. The van der Waals surface area contributed by atoms with Crippen LogP contribution in [0.3, 0.4) is 0 Å². The first-order valence-corrected chi connectivity index (χ1v) is 8.80. The van der Waals surface area contributed by atoms with Gasteiger partial charge >= 0.3 is 0 Å². The average Bonchev–Trinajstić information content (AvgIpc) is 2.99. The smallest absolute Gasteiger partial charge is 0.289 e. The van der Waals surface area contributed by atoms with Gasteiger partial charge in [0.05, 0.1) is 6.54 Å². The Hall–Kier alpha value is -1.34. The SMILES string of the molecule is CN(CC(=O)NC(CN)C1CCCCC1)C(=O)c1ccc(Br)o1. The predicted molar refractivity (Wildman–Crippen MR) is 90.9 cm³/mol. The molecule has 1 aromatic heterocycles. The van der Waals surface area contributed by atoms with Crippen molar-refractivity contribution < 1.29 is 14.0 Å². The third-order valence-corrected chi connectivity index (χ3v) is 4.76. The molecule has 6 nitrogen and oxygen atoms in total. The molecule has 1 aliphatic rings. The molecular formula is C16H24BrN3O3. The summed E-state index contributed by atoms with van der Waals surface area (Å²) in [4.78, 5) is 25.7. The summed E-state index contributed by atoms with van der Waals surface area (Å²) in [6.45, 7) is 0.416. The summed E-state index contributed by atoms with van der Waals surface area (Å²) in [6.07, 6.45) is 5.87. The second kappa shape index (κ2) is 8.49. The number of hydrogen-bond acceptors (Lipinski definition) is 4. The van der Waals surface area contributed by atoms with Gasteiger partial charge < -0.3 is 20.4 Å².